The van der Waals surface area contributed by atoms with E-state index in [1.54, 1.807) is 0 Å². The van der Waals surface area contributed by atoms with Crippen molar-refractivity contribution in [3.63, 3.8) is 0 Å². The van der Waals surface area contributed by atoms with Crippen molar-refractivity contribution >= 4 is 5.82 Å². The minimum atomic E-state index is 0.251. The van der Waals surface area contributed by atoms with E-state index < -0.39 is 0 Å². The summed E-state index contributed by atoms with van der Waals surface area (Å²) in [6.07, 6.45) is 0. The van der Waals surface area contributed by atoms with Crippen molar-refractivity contribution in [1.29, 1.82) is 5.26 Å². The summed E-state index contributed by atoms with van der Waals surface area (Å²) in [6.45, 7) is 8.04. The van der Waals surface area contributed by atoms with Crippen molar-refractivity contribution in [1.82, 2.24) is 14.8 Å². The number of nitrogen functional groups attached to an aromatic ring is 1. The predicted molar refractivity (Wildman–Crippen MR) is 79.1 cm³/mol. The molecule has 20 heavy (non-hydrogen) atoms. The van der Waals surface area contributed by atoms with Crippen molar-refractivity contribution in [2.24, 2.45) is 7.05 Å². The van der Waals surface area contributed by atoms with Gasteiger partial charge in [-0.25, -0.2) is 4.98 Å². The van der Waals surface area contributed by atoms with Crippen LogP contribution in [0, 0.1) is 25.2 Å². The number of nitrogens with two attached hydrogens (primary N) is 1. The van der Waals surface area contributed by atoms with Crippen molar-refractivity contribution < 1.29 is 0 Å². The van der Waals surface area contributed by atoms with E-state index in [1.807, 2.05) is 31.6 Å². The highest BCUT2D eigenvalue weighted by atomic mass is 15.3. The van der Waals surface area contributed by atoms with Crippen LogP contribution < -0.4 is 5.73 Å². The molecule has 0 aliphatic rings. The molecule has 2 aromatic rings. The van der Waals surface area contributed by atoms with Gasteiger partial charge in [0.25, 0.3) is 0 Å². The topological polar surface area (TPSA) is 80.5 Å². The van der Waals surface area contributed by atoms with Gasteiger partial charge in [-0.1, -0.05) is 13.8 Å². The van der Waals surface area contributed by atoms with Gasteiger partial charge in [0.2, 0.25) is 0 Å². The van der Waals surface area contributed by atoms with Crippen LogP contribution in [0.3, 0.4) is 0 Å². The molecular weight excluding hydrogens is 250 g/mol. The molecule has 5 heteroatoms. The molecule has 2 N–H and O–H groups in total. The van der Waals surface area contributed by atoms with Crippen molar-refractivity contribution in [3.05, 3.63) is 28.7 Å². The van der Waals surface area contributed by atoms with Crippen molar-refractivity contribution in [2.45, 2.75) is 33.6 Å². The Morgan fingerprint density at radius 1 is 1.35 bits per heavy atom. The number of nitrogens with zero attached hydrogens (tertiary/aromatic N) is 4. The number of rotatable bonds is 2. The van der Waals surface area contributed by atoms with E-state index in [-0.39, 0.29) is 11.7 Å². The minimum absolute atomic E-state index is 0.251. The largest absolute Gasteiger partial charge is 0.383 e. The van der Waals surface area contributed by atoms with E-state index >= 15 is 0 Å². The lowest BCUT2D eigenvalue weighted by atomic mass is 9.96. The zero-order valence-electron chi connectivity index (χ0n) is 12.5. The fourth-order valence-electron chi connectivity index (χ4n) is 2.36. The average molecular weight is 269 g/mol. The second-order valence-corrected chi connectivity index (χ2v) is 5.29. The normalized spacial score (nSPS) is 10.8. The second kappa shape index (κ2) is 4.97. The van der Waals surface area contributed by atoms with Crippen LogP contribution in [0.5, 0.6) is 0 Å². The fourth-order valence-corrected chi connectivity index (χ4v) is 2.36. The van der Waals surface area contributed by atoms with Gasteiger partial charge in [-0.15, -0.1) is 0 Å². The summed E-state index contributed by atoms with van der Waals surface area (Å²) in [6, 6.07) is 4.12. The molecule has 0 aromatic carbocycles. The average Bonchev–Trinajstić information content (AvgIpc) is 2.62. The molecular formula is C15H19N5. The van der Waals surface area contributed by atoms with E-state index in [2.05, 4.69) is 30.0 Å². The van der Waals surface area contributed by atoms with Gasteiger partial charge >= 0.3 is 0 Å². The highest BCUT2D eigenvalue weighted by Gasteiger charge is 2.19. The SMILES string of the molecule is Cc1nn(C)c(C)c1-c1cc(C(C)C)nc(N)c1C#N. The summed E-state index contributed by atoms with van der Waals surface area (Å²) in [4.78, 5) is 4.32. The van der Waals surface area contributed by atoms with Crippen LogP contribution in [-0.4, -0.2) is 14.8 Å². The third-order valence-corrected chi connectivity index (χ3v) is 3.55. The summed E-state index contributed by atoms with van der Waals surface area (Å²) in [7, 11) is 1.89. The molecule has 2 rings (SSSR count). The van der Waals surface area contributed by atoms with Crippen LogP contribution in [0.25, 0.3) is 11.1 Å². The van der Waals surface area contributed by atoms with E-state index in [0.717, 1.165) is 28.2 Å². The summed E-state index contributed by atoms with van der Waals surface area (Å²) in [5.41, 5.74) is 11.0. The quantitative estimate of drug-likeness (QED) is 0.908. The number of hydrogen-bond acceptors (Lipinski definition) is 4. The van der Waals surface area contributed by atoms with Crippen molar-refractivity contribution in [3.8, 4) is 17.2 Å². The Kier molecular flexibility index (Phi) is 3.49. The zero-order valence-corrected chi connectivity index (χ0v) is 12.5. The predicted octanol–water partition coefficient (Wildman–Crippen LogP) is 2.68. The molecule has 104 valence electrons. The number of nitriles is 1. The van der Waals surface area contributed by atoms with Gasteiger partial charge < -0.3 is 5.73 Å². The lowest BCUT2D eigenvalue weighted by Gasteiger charge is -2.12. The number of pyridine rings is 1. The van der Waals surface area contributed by atoms with Crippen LogP contribution in [0.2, 0.25) is 0 Å². The van der Waals surface area contributed by atoms with Gasteiger partial charge in [0, 0.05) is 29.6 Å². The maximum absolute atomic E-state index is 9.38. The van der Waals surface area contributed by atoms with Crippen LogP contribution >= 0.6 is 0 Å². The van der Waals surface area contributed by atoms with Crippen LogP contribution in [0.15, 0.2) is 6.07 Å². The molecule has 0 saturated heterocycles. The maximum atomic E-state index is 9.38. The summed E-state index contributed by atoms with van der Waals surface area (Å²) < 4.78 is 1.82. The maximum Gasteiger partial charge on any atom is 0.142 e. The Bertz CT molecular complexity index is 704. The van der Waals surface area contributed by atoms with Gasteiger partial charge in [-0.05, 0) is 25.8 Å². The third-order valence-electron chi connectivity index (χ3n) is 3.55. The van der Waals surface area contributed by atoms with Gasteiger partial charge in [0.15, 0.2) is 0 Å². The molecule has 0 spiro atoms. The lowest BCUT2D eigenvalue weighted by molar-refractivity contribution is 0.731. The Morgan fingerprint density at radius 3 is 2.45 bits per heavy atom. The van der Waals surface area contributed by atoms with E-state index in [4.69, 9.17) is 5.73 Å². The first kappa shape index (κ1) is 14.1. The third kappa shape index (κ3) is 2.14. The number of aromatic nitrogens is 3. The highest BCUT2D eigenvalue weighted by Crippen LogP contribution is 2.33. The minimum Gasteiger partial charge on any atom is -0.383 e. The molecule has 0 aliphatic carbocycles. The first-order valence-corrected chi connectivity index (χ1v) is 6.57. The number of aryl methyl sites for hydroxylation is 2. The van der Waals surface area contributed by atoms with E-state index in [1.165, 1.54) is 0 Å². The number of anilines is 1. The Morgan fingerprint density at radius 2 is 2.00 bits per heavy atom. The highest BCUT2D eigenvalue weighted by molar-refractivity contribution is 5.78. The molecule has 0 radical (unpaired) electrons. The van der Waals surface area contributed by atoms with Crippen LogP contribution in [0.1, 0.15) is 42.4 Å². The molecule has 5 nitrogen and oxygen atoms in total. The molecule has 0 saturated carbocycles. The van der Waals surface area contributed by atoms with Gasteiger partial charge in [0.05, 0.1) is 5.69 Å². The first-order valence-electron chi connectivity index (χ1n) is 6.57. The lowest BCUT2D eigenvalue weighted by Crippen LogP contribution is -2.03. The monoisotopic (exact) mass is 269 g/mol. The van der Waals surface area contributed by atoms with E-state index in [9.17, 15) is 5.26 Å². The second-order valence-electron chi connectivity index (χ2n) is 5.29. The van der Waals surface area contributed by atoms with Gasteiger partial charge in [-0.3, -0.25) is 4.68 Å². The van der Waals surface area contributed by atoms with Crippen LogP contribution in [-0.2, 0) is 7.05 Å². The molecule has 0 atom stereocenters. The fraction of sp³-hybridized carbons (Fsp3) is 0.400. The summed E-state index contributed by atoms with van der Waals surface area (Å²) >= 11 is 0. The Labute approximate surface area is 119 Å². The zero-order chi connectivity index (χ0) is 15.0. The van der Waals surface area contributed by atoms with Crippen molar-refractivity contribution in [2.75, 3.05) is 5.73 Å². The molecule has 0 fully saturated rings. The van der Waals surface area contributed by atoms with E-state index in [0.29, 0.717) is 5.56 Å². The Hall–Kier alpha value is -2.35. The summed E-state index contributed by atoms with van der Waals surface area (Å²) in [5, 5.41) is 13.8. The Balaban J connectivity index is 2.82. The molecule has 0 bridgehead atoms. The molecule has 0 unspecified atom stereocenters. The van der Waals surface area contributed by atoms with Gasteiger partial charge in [-0.2, -0.15) is 10.4 Å². The van der Waals surface area contributed by atoms with Crippen LogP contribution in [0.4, 0.5) is 5.82 Å². The molecule has 2 heterocycles. The standard InChI is InChI=1S/C15H19N5/c1-8(2)13-6-11(12(7-16)15(17)18-13)14-9(3)19-20(5)10(14)4/h6,8H,1-5H3,(H2,17,18). The smallest absolute Gasteiger partial charge is 0.142 e. The molecule has 0 amide bonds. The summed E-state index contributed by atoms with van der Waals surface area (Å²) in [5.74, 6) is 0.539. The molecule has 2 aromatic heterocycles. The first-order chi connectivity index (χ1) is 9.36. The molecule has 0 aliphatic heterocycles. The van der Waals surface area contributed by atoms with Gasteiger partial charge in [0.1, 0.15) is 17.5 Å². The number of hydrogen-bond donors (Lipinski definition) is 1.